The maximum Gasteiger partial charge on any atom is 0.273 e. The number of nitrogens with one attached hydrogen (secondary N) is 1. The number of hydrogen-bond donors (Lipinski definition) is 1. The number of halogens is 1. The fourth-order valence-electron chi connectivity index (χ4n) is 1.30. The number of aromatic nitrogens is 2. The van der Waals surface area contributed by atoms with Crippen LogP contribution in [-0.2, 0) is 7.05 Å². The molecule has 1 amide bonds. The molecule has 0 unspecified atom stereocenters. The third kappa shape index (κ3) is 2.23. The monoisotopic (exact) mass is 235 g/mol. The number of hydrogen-bond acceptors (Lipinski definition) is 2. The Labute approximate surface area is 97.9 Å². The first-order valence-electron chi connectivity index (χ1n) is 4.70. The minimum Gasteiger partial charge on any atom is -0.330 e. The van der Waals surface area contributed by atoms with Crippen molar-refractivity contribution in [2.24, 2.45) is 7.05 Å². The molecule has 0 saturated carbocycles. The van der Waals surface area contributed by atoms with E-state index in [0.717, 1.165) is 0 Å². The average molecular weight is 236 g/mol. The van der Waals surface area contributed by atoms with Crippen molar-refractivity contribution in [3.8, 4) is 0 Å². The van der Waals surface area contributed by atoms with Gasteiger partial charge in [-0.15, -0.1) is 0 Å². The molecule has 0 aliphatic carbocycles. The zero-order chi connectivity index (χ0) is 11.5. The summed E-state index contributed by atoms with van der Waals surface area (Å²) >= 11 is 5.75. The highest BCUT2D eigenvalue weighted by Crippen LogP contribution is 2.14. The summed E-state index contributed by atoms with van der Waals surface area (Å²) in [7, 11) is 1.77. The normalized spacial score (nSPS) is 10.1. The number of carbonyl (C=O) groups excluding carboxylic acids is 1. The number of amides is 1. The van der Waals surface area contributed by atoms with Crippen molar-refractivity contribution in [3.05, 3.63) is 47.5 Å². The summed E-state index contributed by atoms with van der Waals surface area (Å²) in [5.74, 6) is -0.192. The Morgan fingerprint density at radius 1 is 1.38 bits per heavy atom. The minimum absolute atomic E-state index is 0.192. The quantitative estimate of drug-likeness (QED) is 0.869. The van der Waals surface area contributed by atoms with Gasteiger partial charge in [0.1, 0.15) is 5.69 Å². The predicted molar refractivity (Wildman–Crippen MR) is 62.6 cm³/mol. The van der Waals surface area contributed by atoms with E-state index in [1.807, 2.05) is 0 Å². The minimum atomic E-state index is -0.192. The number of carbonyl (C=O) groups is 1. The van der Waals surface area contributed by atoms with Crippen LogP contribution in [0.2, 0.25) is 5.02 Å². The van der Waals surface area contributed by atoms with Crippen LogP contribution in [0.5, 0.6) is 0 Å². The lowest BCUT2D eigenvalue weighted by Crippen LogP contribution is -2.15. The van der Waals surface area contributed by atoms with Gasteiger partial charge in [0.2, 0.25) is 0 Å². The van der Waals surface area contributed by atoms with E-state index in [2.05, 4.69) is 10.3 Å². The van der Waals surface area contributed by atoms with Crippen LogP contribution in [0, 0.1) is 0 Å². The Kier molecular flexibility index (Phi) is 2.92. The number of nitrogens with zero attached hydrogens (tertiary/aromatic N) is 2. The van der Waals surface area contributed by atoms with E-state index in [1.54, 1.807) is 42.2 Å². The molecule has 2 aromatic rings. The number of anilines is 1. The van der Waals surface area contributed by atoms with Gasteiger partial charge in [-0.05, 0) is 24.3 Å². The van der Waals surface area contributed by atoms with Crippen LogP contribution in [0.4, 0.5) is 5.69 Å². The van der Waals surface area contributed by atoms with Gasteiger partial charge in [-0.2, -0.15) is 0 Å². The van der Waals surface area contributed by atoms with Gasteiger partial charge in [-0.1, -0.05) is 11.6 Å². The highest BCUT2D eigenvalue weighted by atomic mass is 35.5. The number of benzene rings is 1. The highest BCUT2D eigenvalue weighted by Gasteiger charge is 2.09. The number of rotatable bonds is 2. The Morgan fingerprint density at radius 2 is 2.06 bits per heavy atom. The predicted octanol–water partition coefficient (Wildman–Crippen LogP) is 2.33. The van der Waals surface area contributed by atoms with Crippen molar-refractivity contribution in [1.29, 1.82) is 0 Å². The van der Waals surface area contributed by atoms with Gasteiger partial charge in [0.15, 0.2) is 0 Å². The van der Waals surface area contributed by atoms with Crippen LogP contribution in [0.15, 0.2) is 36.8 Å². The number of aryl methyl sites for hydroxylation is 1. The lowest BCUT2D eigenvalue weighted by Gasteiger charge is -2.05. The molecule has 0 aliphatic heterocycles. The van der Waals surface area contributed by atoms with Gasteiger partial charge in [0.25, 0.3) is 5.91 Å². The molecule has 1 N–H and O–H groups in total. The number of imidazole rings is 1. The zero-order valence-corrected chi connectivity index (χ0v) is 9.40. The van der Waals surface area contributed by atoms with Crippen molar-refractivity contribution in [3.63, 3.8) is 0 Å². The lowest BCUT2D eigenvalue weighted by molar-refractivity contribution is 0.101. The molecular formula is C11H10ClN3O. The van der Waals surface area contributed by atoms with Crippen LogP contribution in [0.1, 0.15) is 10.5 Å². The third-order valence-electron chi connectivity index (χ3n) is 2.15. The second-order valence-corrected chi connectivity index (χ2v) is 3.79. The first kappa shape index (κ1) is 10.7. The molecule has 0 fully saturated rings. The molecule has 0 saturated heterocycles. The molecule has 4 nitrogen and oxygen atoms in total. The SMILES string of the molecule is Cn1cncc1C(=O)Nc1ccc(Cl)cc1. The summed E-state index contributed by atoms with van der Waals surface area (Å²) in [6, 6.07) is 6.94. The van der Waals surface area contributed by atoms with Gasteiger partial charge in [-0.3, -0.25) is 4.79 Å². The summed E-state index contributed by atoms with van der Waals surface area (Å²) < 4.78 is 1.66. The van der Waals surface area contributed by atoms with E-state index in [0.29, 0.717) is 16.4 Å². The van der Waals surface area contributed by atoms with Crippen molar-refractivity contribution >= 4 is 23.2 Å². The van der Waals surface area contributed by atoms with Crippen molar-refractivity contribution < 1.29 is 4.79 Å². The third-order valence-corrected chi connectivity index (χ3v) is 2.40. The summed E-state index contributed by atoms with van der Waals surface area (Å²) in [4.78, 5) is 15.7. The van der Waals surface area contributed by atoms with Crippen molar-refractivity contribution in [1.82, 2.24) is 9.55 Å². The van der Waals surface area contributed by atoms with Crippen LogP contribution in [0.3, 0.4) is 0 Å². The second kappa shape index (κ2) is 4.37. The molecule has 0 atom stereocenters. The molecule has 2 rings (SSSR count). The summed E-state index contributed by atoms with van der Waals surface area (Å²) in [6.07, 6.45) is 3.10. The maximum atomic E-state index is 11.8. The van der Waals surface area contributed by atoms with Crippen LogP contribution in [-0.4, -0.2) is 15.5 Å². The van der Waals surface area contributed by atoms with Gasteiger partial charge in [0.05, 0.1) is 12.5 Å². The molecule has 16 heavy (non-hydrogen) atoms. The van der Waals surface area contributed by atoms with Gasteiger partial charge < -0.3 is 9.88 Å². The van der Waals surface area contributed by atoms with E-state index in [1.165, 1.54) is 6.20 Å². The molecule has 1 aromatic heterocycles. The zero-order valence-electron chi connectivity index (χ0n) is 8.64. The Morgan fingerprint density at radius 3 is 2.62 bits per heavy atom. The lowest BCUT2D eigenvalue weighted by atomic mass is 10.3. The Balaban J connectivity index is 2.14. The van der Waals surface area contributed by atoms with E-state index in [4.69, 9.17) is 11.6 Å². The van der Waals surface area contributed by atoms with Gasteiger partial charge in [0, 0.05) is 17.8 Å². The smallest absolute Gasteiger partial charge is 0.273 e. The van der Waals surface area contributed by atoms with Gasteiger partial charge in [-0.25, -0.2) is 4.98 Å². The topological polar surface area (TPSA) is 46.9 Å². The molecule has 0 spiro atoms. The molecule has 82 valence electrons. The van der Waals surface area contributed by atoms with Gasteiger partial charge >= 0.3 is 0 Å². The molecular weight excluding hydrogens is 226 g/mol. The van der Waals surface area contributed by atoms with Crippen LogP contribution < -0.4 is 5.32 Å². The fraction of sp³-hybridized carbons (Fsp3) is 0.0909. The molecule has 0 aliphatic rings. The average Bonchev–Trinajstić information content (AvgIpc) is 2.68. The molecule has 0 bridgehead atoms. The Bertz CT molecular complexity index is 504. The molecule has 0 radical (unpaired) electrons. The first-order valence-corrected chi connectivity index (χ1v) is 5.08. The summed E-state index contributed by atoms with van der Waals surface area (Å²) in [5, 5.41) is 3.39. The molecule has 1 heterocycles. The summed E-state index contributed by atoms with van der Waals surface area (Å²) in [5.41, 5.74) is 1.21. The maximum absolute atomic E-state index is 11.8. The van der Waals surface area contributed by atoms with E-state index < -0.39 is 0 Å². The standard InChI is InChI=1S/C11H10ClN3O/c1-15-7-13-6-10(15)11(16)14-9-4-2-8(12)3-5-9/h2-7H,1H3,(H,14,16). The van der Waals surface area contributed by atoms with Crippen molar-refractivity contribution in [2.45, 2.75) is 0 Å². The second-order valence-electron chi connectivity index (χ2n) is 3.35. The van der Waals surface area contributed by atoms with Crippen LogP contribution >= 0.6 is 11.6 Å². The van der Waals surface area contributed by atoms with E-state index in [-0.39, 0.29) is 5.91 Å². The van der Waals surface area contributed by atoms with Crippen molar-refractivity contribution in [2.75, 3.05) is 5.32 Å². The molecule has 5 heteroatoms. The van der Waals surface area contributed by atoms with E-state index in [9.17, 15) is 4.79 Å². The fourth-order valence-corrected chi connectivity index (χ4v) is 1.43. The first-order chi connectivity index (χ1) is 7.66. The molecule has 1 aromatic carbocycles. The largest absolute Gasteiger partial charge is 0.330 e. The highest BCUT2D eigenvalue weighted by molar-refractivity contribution is 6.30. The summed E-state index contributed by atoms with van der Waals surface area (Å²) in [6.45, 7) is 0. The van der Waals surface area contributed by atoms with Crippen LogP contribution in [0.25, 0.3) is 0 Å². The Hall–Kier alpha value is -1.81. The van der Waals surface area contributed by atoms with E-state index >= 15 is 0 Å².